The second-order valence-electron chi connectivity index (χ2n) is 7.62. The third kappa shape index (κ3) is 4.37. The molecular weight excluding hydrogens is 362 g/mol. The Bertz CT molecular complexity index is 1110. The van der Waals surface area contributed by atoms with Gasteiger partial charge in [0.05, 0.1) is 11.0 Å². The van der Waals surface area contributed by atoms with Crippen LogP contribution in [0.3, 0.4) is 0 Å². The fourth-order valence-corrected chi connectivity index (χ4v) is 3.50. The van der Waals surface area contributed by atoms with E-state index in [0.29, 0.717) is 24.1 Å². The number of aromatic nitrogens is 4. The number of para-hydroxylation sites is 2. The summed E-state index contributed by atoms with van der Waals surface area (Å²) in [5.74, 6) is 0.902. The van der Waals surface area contributed by atoms with Crippen LogP contribution in [-0.4, -0.2) is 25.4 Å². The Morgan fingerprint density at radius 2 is 2.00 bits per heavy atom. The maximum absolute atomic E-state index is 12.8. The van der Waals surface area contributed by atoms with Gasteiger partial charge in [-0.25, -0.2) is 4.98 Å². The summed E-state index contributed by atoms with van der Waals surface area (Å²) in [5, 5.41) is 2.98. The zero-order valence-electron chi connectivity index (χ0n) is 16.7. The highest BCUT2D eigenvalue weighted by Gasteiger charge is 2.16. The molecule has 0 radical (unpaired) electrons. The number of rotatable bonds is 7. The van der Waals surface area contributed by atoms with Gasteiger partial charge < -0.3 is 9.55 Å². The second-order valence-corrected chi connectivity index (χ2v) is 7.62. The number of hydrogen-bond donors (Lipinski definition) is 2. The first kappa shape index (κ1) is 18.9. The molecule has 1 amide bonds. The molecule has 2 N–H and O–H groups in total. The number of pyridine rings is 1. The molecule has 4 rings (SSSR count). The number of aromatic amines is 1. The minimum absolute atomic E-state index is 0.186. The van der Waals surface area contributed by atoms with Gasteiger partial charge in [-0.3, -0.25) is 15.1 Å². The van der Waals surface area contributed by atoms with E-state index in [-0.39, 0.29) is 5.91 Å². The number of anilines is 1. The van der Waals surface area contributed by atoms with Crippen LogP contribution in [0.2, 0.25) is 0 Å². The van der Waals surface area contributed by atoms with Crippen LogP contribution in [0, 0.1) is 5.92 Å². The summed E-state index contributed by atoms with van der Waals surface area (Å²) in [6.45, 7) is 5.00. The highest BCUT2D eigenvalue weighted by atomic mass is 16.2. The highest BCUT2D eigenvalue weighted by Crippen LogP contribution is 2.21. The number of H-pyrrole nitrogens is 1. The van der Waals surface area contributed by atoms with Crippen LogP contribution in [0.15, 0.2) is 60.9 Å². The van der Waals surface area contributed by atoms with Crippen LogP contribution in [-0.2, 0) is 19.4 Å². The predicted molar refractivity (Wildman–Crippen MR) is 115 cm³/mol. The Kier molecular flexibility index (Phi) is 5.42. The Balaban J connectivity index is 1.57. The average molecular weight is 387 g/mol. The first-order chi connectivity index (χ1) is 14.1. The average Bonchev–Trinajstić information content (AvgIpc) is 3.31. The molecule has 0 aliphatic carbocycles. The molecule has 0 aliphatic heterocycles. The van der Waals surface area contributed by atoms with Crippen molar-refractivity contribution in [3.05, 3.63) is 77.9 Å². The number of nitrogens with one attached hydrogen (secondary N) is 2. The van der Waals surface area contributed by atoms with Crippen molar-refractivity contribution in [2.75, 3.05) is 5.32 Å². The monoisotopic (exact) mass is 387 g/mol. The summed E-state index contributed by atoms with van der Waals surface area (Å²) in [6.07, 6.45) is 5.39. The summed E-state index contributed by atoms with van der Waals surface area (Å²) < 4.78 is 2.04. The van der Waals surface area contributed by atoms with Gasteiger partial charge in [0.2, 0.25) is 5.95 Å². The molecule has 0 fully saturated rings. The molecule has 6 heteroatoms. The minimum Gasteiger partial charge on any atom is -0.357 e. The van der Waals surface area contributed by atoms with Crippen LogP contribution >= 0.6 is 0 Å². The van der Waals surface area contributed by atoms with Gasteiger partial charge in [-0.05, 0) is 48.2 Å². The molecule has 0 atom stereocenters. The molecule has 0 spiro atoms. The number of aryl methyl sites for hydroxylation is 2. The van der Waals surface area contributed by atoms with E-state index in [2.05, 4.69) is 34.1 Å². The van der Waals surface area contributed by atoms with Crippen molar-refractivity contribution in [1.82, 2.24) is 19.5 Å². The van der Waals surface area contributed by atoms with Gasteiger partial charge in [0.1, 0.15) is 5.69 Å². The molecule has 1 aromatic carbocycles. The van der Waals surface area contributed by atoms with Gasteiger partial charge in [-0.15, -0.1) is 0 Å². The number of imidazole rings is 1. The van der Waals surface area contributed by atoms with Gasteiger partial charge >= 0.3 is 0 Å². The van der Waals surface area contributed by atoms with Crippen molar-refractivity contribution >= 4 is 22.9 Å². The number of carbonyl (C=O) groups is 1. The Labute approximate surface area is 170 Å². The smallest absolute Gasteiger partial charge is 0.274 e. The molecule has 148 valence electrons. The second kappa shape index (κ2) is 8.31. The summed E-state index contributed by atoms with van der Waals surface area (Å²) in [7, 11) is 0. The largest absolute Gasteiger partial charge is 0.357 e. The molecule has 29 heavy (non-hydrogen) atoms. The zero-order valence-corrected chi connectivity index (χ0v) is 16.7. The zero-order chi connectivity index (χ0) is 20.2. The Morgan fingerprint density at radius 1 is 1.17 bits per heavy atom. The topological polar surface area (TPSA) is 75.6 Å². The Morgan fingerprint density at radius 3 is 2.79 bits per heavy atom. The van der Waals surface area contributed by atoms with Crippen molar-refractivity contribution < 1.29 is 4.79 Å². The Hall–Kier alpha value is -3.41. The molecule has 0 saturated carbocycles. The molecular formula is C23H25N5O. The molecule has 6 nitrogen and oxygen atoms in total. The lowest BCUT2D eigenvalue weighted by atomic mass is 10.1. The van der Waals surface area contributed by atoms with E-state index < -0.39 is 0 Å². The lowest BCUT2D eigenvalue weighted by molar-refractivity contribution is 0.102. The quantitative estimate of drug-likeness (QED) is 0.492. The molecule has 0 bridgehead atoms. The van der Waals surface area contributed by atoms with Crippen molar-refractivity contribution in [2.24, 2.45) is 5.92 Å². The van der Waals surface area contributed by atoms with Crippen molar-refractivity contribution in [1.29, 1.82) is 0 Å². The summed E-state index contributed by atoms with van der Waals surface area (Å²) >= 11 is 0. The normalized spacial score (nSPS) is 11.3. The van der Waals surface area contributed by atoms with Crippen LogP contribution < -0.4 is 5.32 Å². The predicted octanol–water partition coefficient (Wildman–Crippen LogP) is 4.45. The van der Waals surface area contributed by atoms with Crippen LogP contribution in [0.1, 0.15) is 35.6 Å². The summed E-state index contributed by atoms with van der Waals surface area (Å²) in [6, 6.07) is 15.7. The SMILES string of the molecule is CC(C)Cc1c[nH]c(C(=O)Nc2nc3ccccc3n2CCc2ccccn2)c1. The lowest BCUT2D eigenvalue weighted by Gasteiger charge is -2.09. The lowest BCUT2D eigenvalue weighted by Crippen LogP contribution is -2.17. The number of hydrogen-bond acceptors (Lipinski definition) is 3. The standard InChI is InChI=1S/C23H25N5O/c1-16(2)13-17-14-20(25-15-17)22(29)27-23-26-19-8-3-4-9-21(19)28(23)12-10-18-7-5-6-11-24-18/h3-9,11,14-16,25H,10,12-13H2,1-2H3,(H,26,27,29). The van der Waals surface area contributed by atoms with E-state index in [4.69, 9.17) is 0 Å². The first-order valence-electron chi connectivity index (χ1n) is 9.94. The van der Waals surface area contributed by atoms with Gasteiger partial charge in [0.15, 0.2) is 0 Å². The molecule has 0 aliphatic rings. The van der Waals surface area contributed by atoms with Gasteiger partial charge in [0, 0.05) is 31.1 Å². The number of fused-ring (bicyclic) bond motifs is 1. The molecule has 0 saturated heterocycles. The maximum atomic E-state index is 12.8. The fourth-order valence-electron chi connectivity index (χ4n) is 3.50. The van der Waals surface area contributed by atoms with E-state index in [9.17, 15) is 4.79 Å². The van der Waals surface area contributed by atoms with Crippen LogP contribution in [0.25, 0.3) is 11.0 Å². The third-order valence-electron chi connectivity index (χ3n) is 4.83. The third-order valence-corrected chi connectivity index (χ3v) is 4.83. The van der Waals surface area contributed by atoms with Crippen molar-refractivity contribution in [2.45, 2.75) is 33.2 Å². The van der Waals surface area contributed by atoms with Gasteiger partial charge in [0.25, 0.3) is 5.91 Å². The summed E-state index contributed by atoms with van der Waals surface area (Å²) in [4.78, 5) is 24.9. The maximum Gasteiger partial charge on any atom is 0.274 e. The summed E-state index contributed by atoms with van der Waals surface area (Å²) in [5.41, 5.74) is 4.53. The number of amides is 1. The van der Waals surface area contributed by atoms with E-state index in [0.717, 1.165) is 35.1 Å². The van der Waals surface area contributed by atoms with E-state index >= 15 is 0 Å². The number of nitrogens with zero attached hydrogens (tertiary/aromatic N) is 3. The number of carbonyl (C=O) groups excluding carboxylic acids is 1. The highest BCUT2D eigenvalue weighted by molar-refractivity contribution is 6.03. The first-order valence-corrected chi connectivity index (χ1v) is 9.94. The van der Waals surface area contributed by atoms with Gasteiger partial charge in [-0.1, -0.05) is 32.0 Å². The van der Waals surface area contributed by atoms with E-state index in [1.54, 1.807) is 6.20 Å². The van der Waals surface area contributed by atoms with Gasteiger partial charge in [-0.2, -0.15) is 0 Å². The van der Waals surface area contributed by atoms with Crippen LogP contribution in [0.4, 0.5) is 5.95 Å². The molecule has 3 aromatic heterocycles. The minimum atomic E-state index is -0.186. The van der Waals surface area contributed by atoms with Crippen molar-refractivity contribution in [3.63, 3.8) is 0 Å². The van der Waals surface area contributed by atoms with Crippen molar-refractivity contribution in [3.8, 4) is 0 Å². The fraction of sp³-hybridized carbons (Fsp3) is 0.261. The molecule has 0 unspecified atom stereocenters. The molecule has 4 aromatic rings. The van der Waals surface area contributed by atoms with Crippen LogP contribution in [0.5, 0.6) is 0 Å². The molecule has 3 heterocycles. The van der Waals surface area contributed by atoms with E-state index in [1.807, 2.05) is 59.3 Å². The van der Waals surface area contributed by atoms with E-state index in [1.165, 1.54) is 0 Å². The number of benzene rings is 1.